The predicted molar refractivity (Wildman–Crippen MR) is 207 cm³/mol. The Balaban J connectivity index is 2.23. The predicted octanol–water partition coefficient (Wildman–Crippen LogP) is -1.22. The van der Waals surface area contributed by atoms with Crippen molar-refractivity contribution in [3.63, 3.8) is 0 Å². The van der Waals surface area contributed by atoms with E-state index in [0.717, 1.165) is 0 Å². The van der Waals surface area contributed by atoms with Gasteiger partial charge in [-0.05, 0) is 68.9 Å². The van der Waals surface area contributed by atoms with Gasteiger partial charge in [-0.25, -0.2) is 4.79 Å². The van der Waals surface area contributed by atoms with Gasteiger partial charge in [0, 0.05) is 13.0 Å². The molecule has 0 aliphatic carbocycles. The molecule has 1 fully saturated rings. The summed E-state index contributed by atoms with van der Waals surface area (Å²) in [6, 6.07) is 1.84. The molecule has 1 heterocycles. The molecule has 7 amide bonds. The Bertz CT molecular complexity index is 1510. The Labute approximate surface area is 328 Å². The summed E-state index contributed by atoms with van der Waals surface area (Å²) >= 11 is 0. The molecular weight excluding hydrogens is 726 g/mol. The van der Waals surface area contributed by atoms with E-state index >= 15 is 0 Å². The van der Waals surface area contributed by atoms with Crippen molar-refractivity contribution in [3.8, 4) is 0 Å². The minimum atomic E-state index is -1.49. The number of benzene rings is 1. The lowest BCUT2D eigenvalue weighted by molar-refractivity contribution is -0.142. The summed E-state index contributed by atoms with van der Waals surface area (Å²) in [6.45, 7) is 7.55. The fraction of sp³-hybridized carbons (Fsp3) is 0.632. The molecule has 0 spiro atoms. The topological polar surface area (TPSA) is 298 Å². The van der Waals surface area contributed by atoms with Crippen molar-refractivity contribution >= 4 is 47.3 Å². The van der Waals surface area contributed by atoms with Gasteiger partial charge in [-0.1, -0.05) is 58.0 Å². The number of carboxylic acid groups (broad SMARTS) is 1. The second-order valence-electron chi connectivity index (χ2n) is 15.1. The van der Waals surface area contributed by atoms with Crippen molar-refractivity contribution in [1.82, 2.24) is 31.5 Å². The highest BCUT2D eigenvalue weighted by molar-refractivity contribution is 5.98. The molecule has 2 rings (SSSR count). The molecule has 0 radical (unpaired) electrons. The maximum Gasteiger partial charge on any atom is 0.326 e. The van der Waals surface area contributed by atoms with E-state index in [1.807, 2.05) is 13.8 Å². The third-order valence-electron chi connectivity index (χ3n) is 9.18. The van der Waals surface area contributed by atoms with Gasteiger partial charge in [0.1, 0.15) is 30.2 Å². The Morgan fingerprint density at radius 1 is 0.804 bits per heavy atom. The first-order valence-corrected chi connectivity index (χ1v) is 19.2. The number of likely N-dealkylation sites (tertiary alicyclic amines) is 1. The van der Waals surface area contributed by atoms with E-state index < -0.39 is 96.5 Å². The summed E-state index contributed by atoms with van der Waals surface area (Å²) in [5.41, 5.74) is 17.7. The first-order chi connectivity index (χ1) is 26.4. The molecule has 0 saturated carbocycles. The largest absolute Gasteiger partial charge is 0.480 e. The number of carbonyl (C=O) groups is 8. The standard InChI is InChI=1S/C38H61N9O9/c1-22(2)17-25(40)37(54)47-16-10-14-30(47)36(53)46-29(20-31(41)48)35(52)44-27(18-23(3)4)34(51)45-28(19-24-11-6-5-7-12-24)33(50)42-21-32(49)43-26(38(55)56)13-8-9-15-39/h5-7,11-12,22-23,25-30H,8-10,13-21,39-40H2,1-4H3,(H2,41,48)(H,42,50)(H,43,49)(H,44,52)(H,45,51)(H,46,53)(H,55,56). The minimum absolute atomic E-state index is 0.00297. The van der Waals surface area contributed by atoms with Crippen LogP contribution in [0.1, 0.15) is 84.6 Å². The highest BCUT2D eigenvalue weighted by atomic mass is 16.4. The van der Waals surface area contributed by atoms with Gasteiger partial charge in [0.05, 0.1) is 19.0 Å². The van der Waals surface area contributed by atoms with Gasteiger partial charge in [-0.15, -0.1) is 0 Å². The highest BCUT2D eigenvalue weighted by Gasteiger charge is 2.38. The molecule has 1 saturated heterocycles. The van der Waals surface area contributed by atoms with Crippen molar-refractivity contribution in [2.24, 2.45) is 29.0 Å². The van der Waals surface area contributed by atoms with Crippen molar-refractivity contribution < 1.29 is 43.5 Å². The number of nitrogens with zero attached hydrogens (tertiary/aromatic N) is 1. The van der Waals surface area contributed by atoms with Crippen LogP contribution in [0.15, 0.2) is 30.3 Å². The van der Waals surface area contributed by atoms with Crippen LogP contribution in [0, 0.1) is 11.8 Å². The second kappa shape index (κ2) is 23.7. The van der Waals surface area contributed by atoms with E-state index in [1.165, 1.54) is 4.90 Å². The van der Waals surface area contributed by atoms with Crippen molar-refractivity contribution in [1.29, 1.82) is 0 Å². The smallest absolute Gasteiger partial charge is 0.326 e. The SMILES string of the molecule is CC(C)CC(N)C(=O)N1CCCC1C(=O)NC(CC(N)=O)C(=O)NC(CC(C)C)C(=O)NC(Cc1ccccc1)C(=O)NCC(=O)NC(CCCCN)C(=O)O. The molecule has 18 nitrogen and oxygen atoms in total. The lowest BCUT2D eigenvalue weighted by atomic mass is 10.0. The number of nitrogens with two attached hydrogens (primary N) is 3. The van der Waals surface area contributed by atoms with Crippen LogP contribution in [0.25, 0.3) is 0 Å². The Morgan fingerprint density at radius 3 is 2.02 bits per heavy atom. The van der Waals surface area contributed by atoms with E-state index in [4.69, 9.17) is 17.2 Å². The summed E-state index contributed by atoms with van der Waals surface area (Å²) in [6.07, 6.45) is 1.96. The van der Waals surface area contributed by atoms with Crippen LogP contribution in [0.3, 0.4) is 0 Å². The van der Waals surface area contributed by atoms with Gasteiger partial charge in [-0.3, -0.25) is 33.6 Å². The number of unbranched alkanes of at least 4 members (excludes halogenated alkanes) is 1. The summed E-state index contributed by atoms with van der Waals surface area (Å²) in [5, 5.41) is 22.1. The van der Waals surface area contributed by atoms with Gasteiger partial charge in [0.2, 0.25) is 41.4 Å². The van der Waals surface area contributed by atoms with E-state index in [2.05, 4.69) is 26.6 Å². The average Bonchev–Trinajstić information content (AvgIpc) is 3.62. The van der Waals surface area contributed by atoms with Crippen LogP contribution in [0.4, 0.5) is 0 Å². The molecule has 0 bridgehead atoms. The maximum absolute atomic E-state index is 13.8. The second-order valence-corrected chi connectivity index (χ2v) is 15.1. The number of carboxylic acids is 1. The molecule has 0 aromatic heterocycles. The third kappa shape index (κ3) is 16.3. The molecule has 1 aliphatic heterocycles. The van der Waals surface area contributed by atoms with E-state index in [0.29, 0.717) is 50.8 Å². The summed E-state index contributed by atoms with van der Waals surface area (Å²) in [5.74, 6) is -6.34. The van der Waals surface area contributed by atoms with Crippen LogP contribution in [0.5, 0.6) is 0 Å². The highest BCUT2D eigenvalue weighted by Crippen LogP contribution is 2.20. The van der Waals surface area contributed by atoms with Crippen LogP contribution >= 0.6 is 0 Å². The number of primary amides is 1. The first kappa shape index (κ1) is 47.1. The summed E-state index contributed by atoms with van der Waals surface area (Å²) < 4.78 is 0. The van der Waals surface area contributed by atoms with Gasteiger partial charge in [0.25, 0.3) is 0 Å². The molecule has 6 unspecified atom stereocenters. The minimum Gasteiger partial charge on any atom is -0.480 e. The number of nitrogens with one attached hydrogen (secondary N) is 5. The molecule has 1 aromatic rings. The zero-order valence-corrected chi connectivity index (χ0v) is 32.9. The third-order valence-corrected chi connectivity index (χ3v) is 9.18. The number of amides is 7. The number of aliphatic carboxylic acids is 1. The van der Waals surface area contributed by atoms with Gasteiger partial charge in [0.15, 0.2) is 0 Å². The summed E-state index contributed by atoms with van der Waals surface area (Å²) in [4.78, 5) is 105. The van der Waals surface area contributed by atoms with E-state index in [1.54, 1.807) is 44.2 Å². The van der Waals surface area contributed by atoms with Gasteiger partial charge < -0.3 is 53.8 Å². The van der Waals surface area contributed by atoms with Gasteiger partial charge in [-0.2, -0.15) is 0 Å². The van der Waals surface area contributed by atoms with E-state index in [-0.39, 0.29) is 31.1 Å². The molecule has 6 atom stereocenters. The normalized spacial score (nSPS) is 16.6. The average molecular weight is 788 g/mol. The fourth-order valence-corrected chi connectivity index (χ4v) is 6.40. The fourth-order valence-electron chi connectivity index (χ4n) is 6.40. The lowest BCUT2D eigenvalue weighted by Crippen LogP contribution is -2.59. The van der Waals surface area contributed by atoms with Crippen LogP contribution < -0.4 is 43.8 Å². The van der Waals surface area contributed by atoms with Crippen LogP contribution in [-0.4, -0.2) is 113 Å². The zero-order valence-electron chi connectivity index (χ0n) is 32.9. The zero-order chi connectivity index (χ0) is 41.9. The van der Waals surface area contributed by atoms with Crippen LogP contribution in [-0.2, 0) is 44.8 Å². The quantitative estimate of drug-likeness (QED) is 0.0560. The van der Waals surface area contributed by atoms with Crippen molar-refractivity contribution in [2.75, 3.05) is 19.6 Å². The van der Waals surface area contributed by atoms with Gasteiger partial charge >= 0.3 is 5.97 Å². The number of rotatable bonds is 24. The number of hydrogen-bond donors (Lipinski definition) is 9. The molecule has 18 heteroatoms. The molecule has 12 N–H and O–H groups in total. The lowest BCUT2D eigenvalue weighted by Gasteiger charge is -2.29. The van der Waals surface area contributed by atoms with Crippen molar-refractivity contribution in [3.05, 3.63) is 35.9 Å². The molecule has 56 heavy (non-hydrogen) atoms. The molecule has 312 valence electrons. The maximum atomic E-state index is 13.8. The monoisotopic (exact) mass is 787 g/mol. The summed E-state index contributed by atoms with van der Waals surface area (Å²) in [7, 11) is 0. The van der Waals surface area contributed by atoms with Crippen LogP contribution in [0.2, 0.25) is 0 Å². The molecule has 1 aliphatic rings. The van der Waals surface area contributed by atoms with E-state index in [9.17, 15) is 43.5 Å². The number of hydrogen-bond acceptors (Lipinski definition) is 10. The Hall–Kier alpha value is -5.10. The molecule has 1 aromatic carbocycles. The molecular formula is C38H61N9O9. The first-order valence-electron chi connectivity index (χ1n) is 19.2. The van der Waals surface area contributed by atoms with Crippen molar-refractivity contribution in [2.45, 2.75) is 122 Å². The number of carbonyl (C=O) groups excluding carboxylic acids is 7. The Kier molecular flexibility index (Phi) is 19.9. The Morgan fingerprint density at radius 2 is 1.43 bits per heavy atom.